The number of Topliss-reactive ketones (excluding diaryl/α,β-unsaturated/α-hetero) is 2. The van der Waals surface area contributed by atoms with Crippen LogP contribution in [0.15, 0.2) is 48.5 Å². The lowest BCUT2D eigenvalue weighted by atomic mass is 9.72. The minimum atomic E-state index is -0.176. The molecule has 132 valence electrons. The third kappa shape index (κ3) is 4.45. The smallest absolute Gasteiger partial charge is 0.170 e. The standard InChI is InChI=1S/C23H28O2/c1-22(2,3)18-14-10-13-17(21(18)23(4,5)6)20(25)15-19(24)16-11-8-7-9-12-16/h7-14H,15H2,1-6H3. The van der Waals surface area contributed by atoms with Gasteiger partial charge in [-0.1, -0.05) is 90.1 Å². The summed E-state index contributed by atoms with van der Waals surface area (Å²) in [6, 6.07) is 14.9. The van der Waals surface area contributed by atoms with Gasteiger partial charge in [-0.15, -0.1) is 0 Å². The van der Waals surface area contributed by atoms with Gasteiger partial charge in [0.1, 0.15) is 0 Å². The molecule has 0 N–H and O–H groups in total. The Kier molecular flexibility index (Phi) is 5.31. The van der Waals surface area contributed by atoms with Crippen molar-refractivity contribution in [2.45, 2.75) is 58.8 Å². The Morgan fingerprint density at radius 3 is 1.84 bits per heavy atom. The lowest BCUT2D eigenvalue weighted by Crippen LogP contribution is -2.25. The van der Waals surface area contributed by atoms with Crippen molar-refractivity contribution in [3.63, 3.8) is 0 Å². The molecule has 0 aliphatic rings. The van der Waals surface area contributed by atoms with Crippen LogP contribution in [0.2, 0.25) is 0 Å². The van der Waals surface area contributed by atoms with Gasteiger partial charge in [0.2, 0.25) is 0 Å². The summed E-state index contributed by atoms with van der Waals surface area (Å²) in [5.41, 5.74) is 3.23. The predicted molar refractivity (Wildman–Crippen MR) is 104 cm³/mol. The molecular formula is C23H28O2. The molecule has 2 nitrogen and oxygen atoms in total. The van der Waals surface area contributed by atoms with Gasteiger partial charge in [-0.25, -0.2) is 0 Å². The fraction of sp³-hybridized carbons (Fsp3) is 0.391. The highest BCUT2D eigenvalue weighted by Crippen LogP contribution is 2.36. The second-order valence-corrected chi connectivity index (χ2v) is 8.62. The summed E-state index contributed by atoms with van der Waals surface area (Å²) in [6.07, 6.45) is -0.0965. The molecule has 2 aromatic carbocycles. The van der Waals surface area contributed by atoms with E-state index in [1.54, 1.807) is 12.1 Å². The van der Waals surface area contributed by atoms with Crippen LogP contribution in [0, 0.1) is 0 Å². The van der Waals surface area contributed by atoms with Crippen LogP contribution in [0.1, 0.15) is 79.8 Å². The highest BCUT2D eigenvalue weighted by molar-refractivity contribution is 6.14. The Morgan fingerprint density at radius 1 is 0.720 bits per heavy atom. The van der Waals surface area contributed by atoms with Crippen molar-refractivity contribution in [2.75, 3.05) is 0 Å². The molecule has 0 aromatic heterocycles. The van der Waals surface area contributed by atoms with Gasteiger partial charge in [0.05, 0.1) is 6.42 Å². The molecule has 0 saturated carbocycles. The molecule has 0 aliphatic carbocycles. The van der Waals surface area contributed by atoms with E-state index < -0.39 is 0 Å². The molecule has 0 radical (unpaired) electrons. The summed E-state index contributed by atoms with van der Waals surface area (Å²) in [5, 5.41) is 0. The van der Waals surface area contributed by atoms with E-state index in [-0.39, 0.29) is 28.8 Å². The maximum Gasteiger partial charge on any atom is 0.170 e. The normalized spacial score (nSPS) is 12.1. The monoisotopic (exact) mass is 336 g/mol. The van der Waals surface area contributed by atoms with Crippen LogP contribution in [0.25, 0.3) is 0 Å². The highest BCUT2D eigenvalue weighted by Gasteiger charge is 2.30. The molecule has 2 aromatic rings. The Hall–Kier alpha value is -2.22. The van der Waals surface area contributed by atoms with Gasteiger partial charge in [0, 0.05) is 11.1 Å². The van der Waals surface area contributed by atoms with Crippen molar-refractivity contribution in [1.29, 1.82) is 0 Å². The summed E-state index contributed by atoms with van der Waals surface area (Å²) in [5.74, 6) is -0.239. The summed E-state index contributed by atoms with van der Waals surface area (Å²) in [4.78, 5) is 25.4. The zero-order chi connectivity index (χ0) is 18.8. The summed E-state index contributed by atoms with van der Waals surface area (Å²) in [6.45, 7) is 12.8. The number of hydrogen-bond acceptors (Lipinski definition) is 2. The molecule has 0 unspecified atom stereocenters. The minimum Gasteiger partial charge on any atom is -0.294 e. The first-order valence-corrected chi connectivity index (χ1v) is 8.77. The van der Waals surface area contributed by atoms with Crippen LogP contribution in [0.4, 0.5) is 0 Å². The van der Waals surface area contributed by atoms with Gasteiger partial charge in [-0.2, -0.15) is 0 Å². The maximum atomic E-state index is 13.0. The van der Waals surface area contributed by atoms with Crippen molar-refractivity contribution in [2.24, 2.45) is 0 Å². The fourth-order valence-electron chi connectivity index (χ4n) is 3.18. The molecule has 0 saturated heterocycles. The molecule has 2 heteroatoms. The van der Waals surface area contributed by atoms with E-state index in [2.05, 4.69) is 47.6 Å². The maximum absolute atomic E-state index is 13.0. The van der Waals surface area contributed by atoms with Crippen molar-refractivity contribution in [1.82, 2.24) is 0 Å². The quantitative estimate of drug-likeness (QED) is 0.527. The predicted octanol–water partition coefficient (Wildman–Crippen LogP) is 5.74. The minimum absolute atomic E-state index is 0.0671. The van der Waals surface area contributed by atoms with Gasteiger partial charge < -0.3 is 0 Å². The van der Waals surface area contributed by atoms with Gasteiger partial charge in [-0.05, 0) is 22.0 Å². The molecule has 25 heavy (non-hydrogen) atoms. The molecule has 0 aliphatic heterocycles. The zero-order valence-corrected chi connectivity index (χ0v) is 16.1. The summed E-state index contributed by atoms with van der Waals surface area (Å²) in [7, 11) is 0. The van der Waals surface area contributed by atoms with E-state index >= 15 is 0 Å². The molecular weight excluding hydrogens is 308 g/mol. The number of rotatable bonds is 4. The molecule has 2 rings (SSSR count). The lowest BCUT2D eigenvalue weighted by Gasteiger charge is -2.32. The van der Waals surface area contributed by atoms with E-state index in [0.29, 0.717) is 11.1 Å². The second kappa shape index (κ2) is 6.95. The van der Waals surface area contributed by atoms with Crippen molar-refractivity contribution >= 4 is 11.6 Å². The molecule has 0 amide bonds. The number of benzene rings is 2. The molecule has 0 fully saturated rings. The Morgan fingerprint density at radius 2 is 1.32 bits per heavy atom. The van der Waals surface area contributed by atoms with Crippen molar-refractivity contribution in [3.8, 4) is 0 Å². The van der Waals surface area contributed by atoms with E-state index in [9.17, 15) is 9.59 Å². The molecule has 0 bridgehead atoms. The Labute approximate surface area is 151 Å². The largest absolute Gasteiger partial charge is 0.294 e. The van der Waals surface area contributed by atoms with Crippen LogP contribution in [-0.2, 0) is 10.8 Å². The molecule has 0 heterocycles. The first kappa shape index (κ1) is 19.1. The number of carbonyl (C=O) groups excluding carboxylic acids is 2. The topological polar surface area (TPSA) is 34.1 Å². The van der Waals surface area contributed by atoms with E-state index in [0.717, 1.165) is 11.1 Å². The third-order valence-electron chi connectivity index (χ3n) is 4.34. The number of ketones is 2. The van der Waals surface area contributed by atoms with Crippen LogP contribution in [0.3, 0.4) is 0 Å². The highest BCUT2D eigenvalue weighted by atomic mass is 16.1. The van der Waals surface area contributed by atoms with Crippen molar-refractivity contribution in [3.05, 3.63) is 70.8 Å². The second-order valence-electron chi connectivity index (χ2n) is 8.62. The van der Waals surface area contributed by atoms with Crippen LogP contribution >= 0.6 is 0 Å². The zero-order valence-electron chi connectivity index (χ0n) is 16.1. The Balaban J connectivity index is 2.45. The lowest BCUT2D eigenvalue weighted by molar-refractivity contribution is 0.0893. The van der Waals surface area contributed by atoms with E-state index in [1.807, 2.05) is 30.3 Å². The summed E-state index contributed by atoms with van der Waals surface area (Å²) < 4.78 is 0. The molecule has 0 spiro atoms. The fourth-order valence-corrected chi connectivity index (χ4v) is 3.18. The van der Waals surface area contributed by atoms with Crippen molar-refractivity contribution < 1.29 is 9.59 Å². The Bertz CT molecular complexity index is 772. The third-order valence-corrected chi connectivity index (χ3v) is 4.34. The average molecular weight is 336 g/mol. The van der Waals surface area contributed by atoms with Crippen LogP contribution in [0.5, 0.6) is 0 Å². The van der Waals surface area contributed by atoms with Gasteiger partial charge in [0.25, 0.3) is 0 Å². The van der Waals surface area contributed by atoms with Gasteiger partial charge >= 0.3 is 0 Å². The molecule has 0 atom stereocenters. The SMILES string of the molecule is CC(C)(C)c1cccc(C(=O)CC(=O)c2ccccc2)c1C(C)(C)C. The summed E-state index contributed by atoms with van der Waals surface area (Å²) >= 11 is 0. The average Bonchev–Trinajstić information content (AvgIpc) is 2.53. The first-order chi connectivity index (χ1) is 11.5. The number of carbonyl (C=O) groups is 2. The van der Waals surface area contributed by atoms with Crippen LogP contribution < -0.4 is 0 Å². The van der Waals surface area contributed by atoms with Gasteiger partial charge in [-0.3, -0.25) is 9.59 Å². The first-order valence-electron chi connectivity index (χ1n) is 8.77. The van der Waals surface area contributed by atoms with Gasteiger partial charge in [0.15, 0.2) is 11.6 Å². The number of hydrogen-bond donors (Lipinski definition) is 0. The van der Waals surface area contributed by atoms with Crippen LogP contribution in [-0.4, -0.2) is 11.6 Å². The van der Waals surface area contributed by atoms with E-state index in [1.165, 1.54) is 0 Å². The van der Waals surface area contributed by atoms with E-state index in [4.69, 9.17) is 0 Å².